The third-order valence-corrected chi connectivity index (χ3v) is 5.23. The molecular weight excluding hydrogens is 324 g/mol. The molecule has 18 heavy (non-hydrogen) atoms. The summed E-state index contributed by atoms with van der Waals surface area (Å²) in [6.45, 7) is 1.57. The summed E-state index contributed by atoms with van der Waals surface area (Å²) in [5.41, 5.74) is -0.0827. The van der Waals surface area contributed by atoms with E-state index in [0.29, 0.717) is 4.47 Å². The molecule has 0 aliphatic carbocycles. The lowest BCUT2D eigenvalue weighted by molar-refractivity contribution is 0.0695. The maximum Gasteiger partial charge on any atom is 0.336 e. The van der Waals surface area contributed by atoms with Crippen molar-refractivity contribution in [2.24, 2.45) is 0 Å². The fraction of sp³-hybridized carbons (Fsp3) is 0.364. The third-order valence-electron chi connectivity index (χ3n) is 2.43. The number of carbonyl (C=O) groups is 1. The Bertz CT molecular complexity index is 553. The Morgan fingerprint density at radius 1 is 1.50 bits per heavy atom. The van der Waals surface area contributed by atoms with Crippen LogP contribution in [0, 0.1) is 0 Å². The predicted octanol–water partition coefficient (Wildman–Crippen LogP) is 1.96. The lowest BCUT2D eigenvalue weighted by Gasteiger charge is -2.12. The molecule has 0 bridgehead atoms. The monoisotopic (exact) mass is 336 g/mol. The van der Waals surface area contributed by atoms with Crippen molar-refractivity contribution in [2.75, 3.05) is 13.7 Å². The minimum Gasteiger partial charge on any atom is -0.478 e. The molecule has 1 atom stereocenters. The summed E-state index contributed by atoms with van der Waals surface area (Å²) in [5, 5.41) is 8.22. The maximum absolute atomic E-state index is 12.1. The molecule has 1 N–H and O–H groups in total. The standard InChI is InChI=1S/C11H13BrO5S/c1-7(6-17-2)18(15,16)8-3-4-10(12)9(5-8)11(13)14/h3-5,7H,6H2,1-2H3,(H,13,14). The Morgan fingerprint density at radius 3 is 2.61 bits per heavy atom. The number of aromatic carboxylic acids is 1. The van der Waals surface area contributed by atoms with Crippen molar-refractivity contribution in [2.45, 2.75) is 17.1 Å². The Hall–Kier alpha value is -0.920. The first-order valence-corrected chi connectivity index (χ1v) is 7.40. The summed E-state index contributed by atoms with van der Waals surface area (Å²) in [6.07, 6.45) is 0. The number of sulfone groups is 1. The molecule has 1 rings (SSSR count). The number of carboxylic acids is 1. The average molecular weight is 337 g/mol. The Balaban J connectivity index is 3.26. The zero-order valence-electron chi connectivity index (χ0n) is 9.88. The number of benzene rings is 1. The van der Waals surface area contributed by atoms with Gasteiger partial charge in [0.25, 0.3) is 0 Å². The van der Waals surface area contributed by atoms with E-state index in [2.05, 4.69) is 15.9 Å². The molecule has 0 aliphatic rings. The predicted molar refractivity (Wildman–Crippen MR) is 69.6 cm³/mol. The van der Waals surface area contributed by atoms with E-state index in [-0.39, 0.29) is 17.1 Å². The van der Waals surface area contributed by atoms with Gasteiger partial charge in [-0.05, 0) is 41.1 Å². The van der Waals surface area contributed by atoms with Crippen LogP contribution >= 0.6 is 15.9 Å². The van der Waals surface area contributed by atoms with Crippen LogP contribution in [0.25, 0.3) is 0 Å². The van der Waals surface area contributed by atoms with Gasteiger partial charge in [-0.2, -0.15) is 0 Å². The fourth-order valence-electron chi connectivity index (χ4n) is 1.40. The molecule has 1 aromatic rings. The van der Waals surface area contributed by atoms with E-state index in [9.17, 15) is 13.2 Å². The van der Waals surface area contributed by atoms with Crippen LogP contribution in [-0.2, 0) is 14.6 Å². The second-order valence-electron chi connectivity index (χ2n) is 3.76. The summed E-state index contributed by atoms with van der Waals surface area (Å²) < 4.78 is 29.4. The molecule has 7 heteroatoms. The lowest BCUT2D eigenvalue weighted by atomic mass is 10.2. The van der Waals surface area contributed by atoms with E-state index in [4.69, 9.17) is 9.84 Å². The third kappa shape index (κ3) is 3.09. The Morgan fingerprint density at radius 2 is 2.11 bits per heavy atom. The topological polar surface area (TPSA) is 80.7 Å². The quantitative estimate of drug-likeness (QED) is 0.888. The zero-order chi connectivity index (χ0) is 13.9. The van der Waals surface area contributed by atoms with Gasteiger partial charge in [0.1, 0.15) is 0 Å². The first-order valence-electron chi connectivity index (χ1n) is 5.06. The molecule has 0 saturated carbocycles. The number of rotatable bonds is 5. The highest BCUT2D eigenvalue weighted by atomic mass is 79.9. The van der Waals surface area contributed by atoms with Crippen molar-refractivity contribution in [1.82, 2.24) is 0 Å². The molecule has 5 nitrogen and oxygen atoms in total. The largest absolute Gasteiger partial charge is 0.478 e. The highest BCUT2D eigenvalue weighted by Crippen LogP contribution is 2.23. The maximum atomic E-state index is 12.1. The number of ether oxygens (including phenoxy) is 1. The van der Waals surface area contributed by atoms with E-state index in [1.165, 1.54) is 26.2 Å². The molecule has 0 amide bonds. The van der Waals surface area contributed by atoms with Crippen LogP contribution in [0.2, 0.25) is 0 Å². The van der Waals surface area contributed by atoms with Crippen molar-refractivity contribution >= 4 is 31.7 Å². The van der Waals surface area contributed by atoms with Gasteiger partial charge in [-0.1, -0.05) is 0 Å². The van der Waals surface area contributed by atoms with Crippen LogP contribution in [0.15, 0.2) is 27.6 Å². The molecule has 0 fully saturated rings. The van der Waals surface area contributed by atoms with Crippen molar-refractivity contribution in [1.29, 1.82) is 0 Å². The zero-order valence-corrected chi connectivity index (χ0v) is 12.3. The van der Waals surface area contributed by atoms with Gasteiger partial charge >= 0.3 is 5.97 Å². The van der Waals surface area contributed by atoms with Crippen molar-refractivity contribution in [3.8, 4) is 0 Å². The summed E-state index contributed by atoms with van der Waals surface area (Å²) in [4.78, 5) is 10.9. The smallest absolute Gasteiger partial charge is 0.336 e. The van der Waals surface area contributed by atoms with Crippen LogP contribution in [0.5, 0.6) is 0 Å². The number of halogens is 1. The van der Waals surface area contributed by atoms with Crippen molar-refractivity contribution in [3.63, 3.8) is 0 Å². The molecule has 100 valence electrons. The molecule has 0 aromatic heterocycles. The second-order valence-corrected chi connectivity index (χ2v) is 6.98. The molecule has 1 aromatic carbocycles. The normalized spacial score (nSPS) is 13.3. The number of methoxy groups -OCH3 is 1. The molecule has 1 unspecified atom stereocenters. The summed E-state index contributed by atoms with van der Waals surface area (Å²) in [6, 6.07) is 3.93. The second kappa shape index (κ2) is 5.81. The Labute approximate surface area is 114 Å². The van der Waals surface area contributed by atoms with E-state index in [1.54, 1.807) is 0 Å². The Kier molecular flexibility index (Phi) is 4.89. The lowest BCUT2D eigenvalue weighted by Crippen LogP contribution is -2.23. The fourth-order valence-corrected chi connectivity index (χ4v) is 3.14. The van der Waals surface area contributed by atoms with Crippen molar-refractivity contribution < 1.29 is 23.1 Å². The SMILES string of the molecule is COCC(C)S(=O)(=O)c1ccc(Br)c(C(=O)O)c1. The van der Waals surface area contributed by atoms with Gasteiger partial charge in [-0.25, -0.2) is 13.2 Å². The highest BCUT2D eigenvalue weighted by Gasteiger charge is 2.24. The molecule has 0 saturated heterocycles. The summed E-state index contributed by atoms with van der Waals surface area (Å²) >= 11 is 3.07. The summed E-state index contributed by atoms with van der Waals surface area (Å²) in [7, 11) is -2.17. The van der Waals surface area contributed by atoms with Gasteiger partial charge in [0.2, 0.25) is 0 Å². The molecule has 0 radical (unpaired) electrons. The van der Waals surface area contributed by atoms with Crippen LogP contribution in [-0.4, -0.2) is 38.5 Å². The van der Waals surface area contributed by atoms with Gasteiger partial charge in [0, 0.05) is 11.6 Å². The molecule has 0 heterocycles. The van der Waals surface area contributed by atoms with E-state index < -0.39 is 21.1 Å². The first kappa shape index (κ1) is 15.1. The van der Waals surface area contributed by atoms with Gasteiger partial charge in [0.15, 0.2) is 9.84 Å². The average Bonchev–Trinajstić information content (AvgIpc) is 2.29. The highest BCUT2D eigenvalue weighted by molar-refractivity contribution is 9.10. The number of carboxylic acid groups (broad SMARTS) is 1. The number of hydrogen-bond donors (Lipinski definition) is 1. The number of hydrogen-bond acceptors (Lipinski definition) is 4. The molecule has 0 aliphatic heterocycles. The minimum absolute atomic E-state index is 0.0207. The van der Waals surface area contributed by atoms with E-state index in [1.807, 2.05) is 0 Å². The summed E-state index contributed by atoms with van der Waals surface area (Å²) in [5.74, 6) is -1.18. The van der Waals surface area contributed by atoms with E-state index >= 15 is 0 Å². The molecular formula is C11H13BrO5S. The molecule has 0 spiro atoms. The van der Waals surface area contributed by atoms with Crippen LogP contribution in [0.3, 0.4) is 0 Å². The minimum atomic E-state index is -3.58. The van der Waals surface area contributed by atoms with Crippen molar-refractivity contribution in [3.05, 3.63) is 28.2 Å². The van der Waals surface area contributed by atoms with Gasteiger partial charge in [-0.15, -0.1) is 0 Å². The van der Waals surface area contributed by atoms with Gasteiger partial charge < -0.3 is 9.84 Å². The van der Waals surface area contributed by atoms with Gasteiger partial charge in [-0.3, -0.25) is 0 Å². The van der Waals surface area contributed by atoms with E-state index in [0.717, 1.165) is 6.07 Å². The van der Waals surface area contributed by atoms with Crippen LogP contribution in [0.4, 0.5) is 0 Å². The van der Waals surface area contributed by atoms with Crippen LogP contribution < -0.4 is 0 Å². The van der Waals surface area contributed by atoms with Gasteiger partial charge in [0.05, 0.1) is 22.3 Å². The van der Waals surface area contributed by atoms with Crippen LogP contribution in [0.1, 0.15) is 17.3 Å². The first-order chi connectivity index (χ1) is 8.30.